The van der Waals surface area contributed by atoms with Crippen molar-refractivity contribution in [3.63, 3.8) is 0 Å². The van der Waals surface area contributed by atoms with Gasteiger partial charge in [-0.2, -0.15) is 0 Å². The number of nitrogens with one attached hydrogen (secondary N) is 1. The van der Waals surface area contributed by atoms with E-state index in [9.17, 15) is 14.4 Å². The molecule has 0 aliphatic heterocycles. The lowest BCUT2D eigenvalue weighted by atomic mass is 10.1. The smallest absolute Gasteiger partial charge is 0.328 e. The van der Waals surface area contributed by atoms with Gasteiger partial charge < -0.3 is 4.90 Å². The van der Waals surface area contributed by atoms with Crippen molar-refractivity contribution in [3.8, 4) is 0 Å². The van der Waals surface area contributed by atoms with Crippen LogP contribution in [0.2, 0.25) is 0 Å². The third-order valence-corrected chi connectivity index (χ3v) is 2.80. The van der Waals surface area contributed by atoms with Crippen LogP contribution in [0.15, 0.2) is 27.8 Å². The van der Waals surface area contributed by atoms with Gasteiger partial charge >= 0.3 is 5.69 Å². The van der Waals surface area contributed by atoms with E-state index in [1.165, 1.54) is 9.47 Å². The number of aromatic nitrogens is 2. The maximum atomic E-state index is 11.7. The standard InChI is InChI=1S/C12H13N3O3/c1-14(7-16)6-8-3-4-10-9(5-8)11(17)13-12(18)15(10)2/h3-5,7H,6H2,1-2H3,(H,13,17,18). The van der Waals surface area contributed by atoms with Crippen molar-refractivity contribution < 1.29 is 4.79 Å². The Bertz CT molecular complexity index is 715. The Morgan fingerprint density at radius 2 is 2.11 bits per heavy atom. The van der Waals surface area contributed by atoms with Crippen LogP contribution in [0.25, 0.3) is 10.9 Å². The molecular weight excluding hydrogens is 234 g/mol. The van der Waals surface area contributed by atoms with Crippen LogP contribution in [0.1, 0.15) is 5.56 Å². The summed E-state index contributed by atoms with van der Waals surface area (Å²) in [6, 6.07) is 5.19. The van der Waals surface area contributed by atoms with Gasteiger partial charge in [0.2, 0.25) is 6.41 Å². The Kier molecular flexibility index (Phi) is 3.01. The second kappa shape index (κ2) is 4.48. The molecule has 94 valence electrons. The Labute approximate surface area is 102 Å². The van der Waals surface area contributed by atoms with E-state index in [0.29, 0.717) is 17.4 Å². The second-order valence-electron chi connectivity index (χ2n) is 4.19. The van der Waals surface area contributed by atoms with Gasteiger partial charge in [-0.3, -0.25) is 19.1 Å². The summed E-state index contributed by atoms with van der Waals surface area (Å²) >= 11 is 0. The van der Waals surface area contributed by atoms with E-state index < -0.39 is 11.2 Å². The van der Waals surface area contributed by atoms with E-state index in [0.717, 1.165) is 12.0 Å². The summed E-state index contributed by atoms with van der Waals surface area (Å²) in [6.45, 7) is 0.418. The lowest BCUT2D eigenvalue weighted by Gasteiger charge is -2.11. The van der Waals surface area contributed by atoms with E-state index in [1.807, 2.05) is 0 Å². The first kappa shape index (κ1) is 12.1. The van der Waals surface area contributed by atoms with Gasteiger partial charge in [0, 0.05) is 20.6 Å². The van der Waals surface area contributed by atoms with Gasteiger partial charge in [0.1, 0.15) is 0 Å². The maximum Gasteiger partial charge on any atom is 0.328 e. The van der Waals surface area contributed by atoms with Gasteiger partial charge in [-0.05, 0) is 17.7 Å². The summed E-state index contributed by atoms with van der Waals surface area (Å²) < 4.78 is 1.38. The molecule has 0 unspecified atom stereocenters. The van der Waals surface area contributed by atoms with Crippen LogP contribution in [0.4, 0.5) is 0 Å². The number of H-pyrrole nitrogens is 1. The summed E-state index contributed by atoms with van der Waals surface area (Å²) in [4.78, 5) is 37.4. The summed E-state index contributed by atoms with van der Waals surface area (Å²) in [5, 5.41) is 0.439. The minimum Gasteiger partial charge on any atom is -0.344 e. The predicted molar refractivity (Wildman–Crippen MR) is 67.3 cm³/mol. The molecule has 0 atom stereocenters. The summed E-state index contributed by atoms with van der Waals surface area (Å²) in [7, 11) is 3.25. The highest BCUT2D eigenvalue weighted by atomic mass is 16.2. The Morgan fingerprint density at radius 1 is 1.39 bits per heavy atom. The maximum absolute atomic E-state index is 11.7. The molecule has 0 aliphatic carbocycles. The molecule has 18 heavy (non-hydrogen) atoms. The van der Waals surface area contributed by atoms with Crippen LogP contribution in [0.5, 0.6) is 0 Å². The Morgan fingerprint density at radius 3 is 2.78 bits per heavy atom. The van der Waals surface area contributed by atoms with E-state index in [4.69, 9.17) is 0 Å². The number of hydrogen-bond donors (Lipinski definition) is 1. The third kappa shape index (κ3) is 2.04. The highest BCUT2D eigenvalue weighted by Crippen LogP contribution is 2.11. The zero-order valence-electron chi connectivity index (χ0n) is 10.1. The van der Waals surface area contributed by atoms with Gasteiger partial charge in [0.25, 0.3) is 5.56 Å². The van der Waals surface area contributed by atoms with Gasteiger partial charge in [-0.1, -0.05) is 6.07 Å². The molecule has 1 aromatic carbocycles. The molecule has 0 spiro atoms. The van der Waals surface area contributed by atoms with Crippen molar-refractivity contribution in [3.05, 3.63) is 44.6 Å². The molecule has 0 bridgehead atoms. The topological polar surface area (TPSA) is 75.2 Å². The lowest BCUT2D eigenvalue weighted by molar-refractivity contribution is -0.117. The molecule has 2 aromatic rings. The van der Waals surface area contributed by atoms with Crippen molar-refractivity contribution >= 4 is 17.3 Å². The quantitative estimate of drug-likeness (QED) is 0.764. The number of carbonyl (C=O) groups is 1. The fourth-order valence-electron chi connectivity index (χ4n) is 1.84. The first-order valence-electron chi connectivity index (χ1n) is 5.40. The van der Waals surface area contributed by atoms with Crippen molar-refractivity contribution in [2.45, 2.75) is 6.54 Å². The Hall–Kier alpha value is -2.37. The van der Waals surface area contributed by atoms with Gasteiger partial charge in [-0.15, -0.1) is 0 Å². The zero-order chi connectivity index (χ0) is 13.3. The first-order valence-corrected chi connectivity index (χ1v) is 5.40. The fraction of sp³-hybridized carbons (Fsp3) is 0.250. The van der Waals surface area contributed by atoms with E-state index in [-0.39, 0.29) is 0 Å². The van der Waals surface area contributed by atoms with Crippen LogP contribution < -0.4 is 11.2 Å². The molecule has 6 heteroatoms. The summed E-state index contributed by atoms with van der Waals surface area (Å²) in [5.41, 5.74) is 0.552. The number of benzene rings is 1. The number of nitrogens with zero attached hydrogens (tertiary/aromatic N) is 2. The van der Waals surface area contributed by atoms with Crippen LogP contribution in [0, 0.1) is 0 Å². The second-order valence-corrected chi connectivity index (χ2v) is 4.19. The summed E-state index contributed by atoms with van der Waals surface area (Å²) in [6.07, 6.45) is 0.717. The van der Waals surface area contributed by atoms with Crippen LogP contribution in [-0.2, 0) is 18.4 Å². The average molecular weight is 247 g/mol. The lowest BCUT2D eigenvalue weighted by Crippen LogP contribution is -2.28. The van der Waals surface area contributed by atoms with Gasteiger partial charge in [0.15, 0.2) is 0 Å². The van der Waals surface area contributed by atoms with Crippen LogP contribution in [-0.4, -0.2) is 27.9 Å². The molecule has 2 rings (SSSR count). The largest absolute Gasteiger partial charge is 0.344 e. The number of hydrogen-bond acceptors (Lipinski definition) is 3. The van der Waals surface area contributed by atoms with E-state index in [2.05, 4.69) is 4.98 Å². The molecular formula is C12H13N3O3. The number of amides is 1. The number of aryl methyl sites for hydroxylation is 1. The number of fused-ring (bicyclic) bond motifs is 1. The highest BCUT2D eigenvalue weighted by molar-refractivity contribution is 5.78. The van der Waals surface area contributed by atoms with Crippen molar-refractivity contribution in [2.24, 2.45) is 7.05 Å². The van der Waals surface area contributed by atoms with Gasteiger partial charge in [0.05, 0.1) is 10.9 Å². The normalized spacial score (nSPS) is 10.6. The van der Waals surface area contributed by atoms with Crippen molar-refractivity contribution in [1.29, 1.82) is 0 Å². The number of carbonyl (C=O) groups excluding carboxylic acids is 1. The molecule has 1 amide bonds. The van der Waals surface area contributed by atoms with Crippen LogP contribution in [0.3, 0.4) is 0 Å². The Balaban J connectivity index is 2.62. The number of rotatable bonds is 3. The molecule has 0 saturated carbocycles. The number of aromatic amines is 1. The molecule has 1 heterocycles. The monoisotopic (exact) mass is 247 g/mol. The average Bonchev–Trinajstić information content (AvgIpc) is 2.36. The molecule has 1 N–H and O–H groups in total. The predicted octanol–water partition coefficient (Wildman–Crippen LogP) is -0.185. The summed E-state index contributed by atoms with van der Waals surface area (Å²) in [5.74, 6) is 0. The van der Waals surface area contributed by atoms with Gasteiger partial charge in [-0.25, -0.2) is 4.79 Å². The fourth-order valence-corrected chi connectivity index (χ4v) is 1.84. The molecule has 0 aliphatic rings. The van der Waals surface area contributed by atoms with Crippen molar-refractivity contribution in [1.82, 2.24) is 14.5 Å². The molecule has 6 nitrogen and oxygen atoms in total. The van der Waals surface area contributed by atoms with Crippen LogP contribution >= 0.6 is 0 Å². The van der Waals surface area contributed by atoms with E-state index >= 15 is 0 Å². The molecule has 0 saturated heterocycles. The molecule has 1 aromatic heterocycles. The zero-order valence-corrected chi connectivity index (χ0v) is 10.1. The highest BCUT2D eigenvalue weighted by Gasteiger charge is 2.06. The third-order valence-electron chi connectivity index (χ3n) is 2.80. The van der Waals surface area contributed by atoms with Crippen molar-refractivity contribution in [2.75, 3.05) is 7.05 Å². The molecule has 0 radical (unpaired) electrons. The molecule has 0 fully saturated rings. The first-order chi connectivity index (χ1) is 8.52. The minimum atomic E-state index is -0.440. The van der Waals surface area contributed by atoms with E-state index in [1.54, 1.807) is 32.3 Å². The SMILES string of the molecule is CN(C=O)Cc1ccc2c(c1)c(=O)[nH]c(=O)n2C. The minimum absolute atomic E-state index is 0.413.